The summed E-state index contributed by atoms with van der Waals surface area (Å²) in [7, 11) is -11.4. The van der Waals surface area contributed by atoms with Crippen LogP contribution in [0.5, 0.6) is 0 Å². The monoisotopic (exact) mass is 1120 g/mol. The largest absolute Gasteiger partial charge is 0.481 e. The number of carbonyl (C=O) groups is 2. The van der Waals surface area contributed by atoms with Gasteiger partial charge in [-0.2, -0.15) is 9.29 Å². The zero-order chi connectivity index (χ0) is 55.8. The van der Waals surface area contributed by atoms with Crippen molar-refractivity contribution >= 4 is 33.4 Å². The molecule has 0 aliphatic carbocycles. The van der Waals surface area contributed by atoms with Crippen LogP contribution in [0.15, 0.2) is 65.7 Å². The summed E-state index contributed by atoms with van der Waals surface area (Å²) >= 11 is 0. The van der Waals surface area contributed by atoms with Gasteiger partial charge in [-0.05, 0) is 70.3 Å². The van der Waals surface area contributed by atoms with Crippen LogP contribution < -0.4 is 11.4 Å². The quantitative estimate of drug-likeness (QED) is 0.0216. The van der Waals surface area contributed by atoms with E-state index in [0.717, 1.165) is 81.4 Å². The molecule has 22 nitrogen and oxygen atoms in total. The molecule has 434 valence electrons. The Morgan fingerprint density at radius 2 is 1.49 bits per heavy atom. The van der Waals surface area contributed by atoms with E-state index in [-0.39, 0.29) is 37.9 Å². The Bertz CT molecular complexity index is 2090. The Labute approximate surface area is 447 Å². The summed E-state index contributed by atoms with van der Waals surface area (Å²) in [6, 6.07) is 1.22. The number of esters is 2. The van der Waals surface area contributed by atoms with E-state index in [9.17, 15) is 58.8 Å². The molecular formula is C52H87N3O19P2. The first-order valence-electron chi connectivity index (χ1n) is 27.0. The summed E-state index contributed by atoms with van der Waals surface area (Å²) in [5.74, 6) is -2.87. The number of carbonyl (C=O) groups excluding carboxylic acids is 2. The molecule has 0 aromatic carbocycles. The zero-order valence-corrected chi connectivity index (χ0v) is 46.1. The molecule has 2 aliphatic heterocycles. The number of cyclic esters (lactones) is 1. The molecule has 3 unspecified atom stereocenters. The minimum atomic E-state index is -5.74. The van der Waals surface area contributed by atoms with Gasteiger partial charge in [0.1, 0.15) is 43.1 Å². The van der Waals surface area contributed by atoms with Gasteiger partial charge in [-0.15, -0.1) is 0 Å². The van der Waals surface area contributed by atoms with Crippen molar-refractivity contribution in [2.45, 2.75) is 217 Å². The van der Waals surface area contributed by atoms with Crippen LogP contribution in [0.4, 0.5) is 5.82 Å². The fraction of sp³-hybridized carbons (Fsp3) is 0.731. The number of nitrogens with zero attached hydrogens (tertiary/aromatic N) is 2. The van der Waals surface area contributed by atoms with E-state index in [4.69, 9.17) is 33.7 Å². The van der Waals surface area contributed by atoms with Crippen LogP contribution in [0.3, 0.4) is 0 Å². The highest BCUT2D eigenvalue weighted by Gasteiger charge is 2.44. The SMILES string of the molecule is CCCCC/C=C\C/C=C\CCCCCCCCCC(=O)O[C@@H]1COC(=O)CCCC=CC[C@@H]2[C@H](n3ccc(N)nc3=O)O[C@H](COP(=O)(O)OP(=O)(O)OC1)[C@@H](O)[C@@H](O)[C@@H](/C=C/[C@@H](O)CCCCC)OC(O)C[C@@H]2O. The fourth-order valence-electron chi connectivity index (χ4n) is 8.37. The summed E-state index contributed by atoms with van der Waals surface area (Å²) in [6.07, 6.45) is 15.8. The Morgan fingerprint density at radius 1 is 0.842 bits per heavy atom. The molecular weight excluding hydrogens is 1030 g/mol. The highest BCUT2D eigenvalue weighted by molar-refractivity contribution is 7.61. The molecule has 76 heavy (non-hydrogen) atoms. The van der Waals surface area contributed by atoms with Gasteiger partial charge in [0.15, 0.2) is 12.4 Å². The molecule has 1 fully saturated rings. The van der Waals surface area contributed by atoms with Crippen LogP contribution in [0.2, 0.25) is 0 Å². The van der Waals surface area contributed by atoms with Gasteiger partial charge in [0.2, 0.25) is 0 Å². The van der Waals surface area contributed by atoms with Gasteiger partial charge in [0.05, 0.1) is 25.4 Å². The summed E-state index contributed by atoms with van der Waals surface area (Å²) in [5, 5.41) is 56.9. The van der Waals surface area contributed by atoms with Crippen molar-refractivity contribution in [1.82, 2.24) is 9.55 Å². The Balaban J connectivity index is 1.78. The molecule has 0 saturated carbocycles. The van der Waals surface area contributed by atoms with Crippen LogP contribution in [0.1, 0.15) is 168 Å². The topological polar surface area (TPSA) is 335 Å². The molecule has 1 saturated heterocycles. The second-order valence-electron chi connectivity index (χ2n) is 19.3. The molecule has 2 bridgehead atoms. The Morgan fingerprint density at radius 3 is 2.17 bits per heavy atom. The lowest BCUT2D eigenvalue weighted by atomic mass is 9.92. The number of aliphatic hydroxyl groups excluding tert-OH is 5. The number of aromatic nitrogens is 2. The van der Waals surface area contributed by atoms with E-state index in [1.807, 2.05) is 6.92 Å². The number of nitrogen functional groups attached to an aromatic ring is 1. The number of fused-ring (bicyclic) bond motifs is 3. The maximum absolute atomic E-state index is 13.4. The molecule has 1 aromatic rings. The van der Waals surface area contributed by atoms with Gasteiger partial charge in [0, 0.05) is 31.4 Å². The third-order valence-corrected chi connectivity index (χ3v) is 15.3. The number of hydrogen-bond donors (Lipinski definition) is 8. The second kappa shape index (κ2) is 37.4. The number of aliphatic hydroxyl groups is 5. The molecule has 0 amide bonds. The molecule has 1 aromatic heterocycles. The highest BCUT2D eigenvalue weighted by Crippen LogP contribution is 2.60. The average Bonchev–Trinajstić information content (AvgIpc) is 3.37. The van der Waals surface area contributed by atoms with E-state index >= 15 is 0 Å². The fourth-order valence-corrected chi connectivity index (χ4v) is 10.5. The third kappa shape index (κ3) is 27.9. The van der Waals surface area contributed by atoms with E-state index in [1.165, 1.54) is 37.5 Å². The summed E-state index contributed by atoms with van der Waals surface area (Å²) in [6.45, 7) is 1.39. The predicted octanol–water partition coefficient (Wildman–Crippen LogP) is 7.44. The number of unbranched alkanes of at least 4 members (excludes halogenated alkanes) is 12. The van der Waals surface area contributed by atoms with Gasteiger partial charge in [-0.3, -0.25) is 23.2 Å². The van der Waals surface area contributed by atoms with E-state index in [2.05, 4.69) is 40.5 Å². The smallest absolute Gasteiger partial charge is 0.462 e. The molecule has 9 N–H and O–H groups in total. The standard InChI is InChI=1S/C52H87N3O19P2/c1-3-5-7-8-9-10-11-12-13-14-15-16-17-18-19-20-26-30-47(59)71-40-36-68-46(58)29-25-22-21-24-28-41-42(57)35-48(60)72-43(32-31-39(56)27-23-6-4-2)49(61)50(62)44(38-70-76(66,67)74-75(64,65)69-37-40)73-51(41)55-34-33-45(53)54-52(55)63/h9-10,12-13,21,24,31-34,39-44,48-51,56-57,60-62H,3-8,11,14-20,22-23,25-30,35-38H2,1-2H3,(H,64,65)(H,66,67)(H2,53,54,63)/b10-9-,13-12-,24-21?,32-31+/t39-,40+,41-,42-,43+,44+,48?,49-,50+,51+/m0/s1. The number of phosphoric acid groups is 2. The normalized spacial score (nSPS) is 29.8. The molecule has 0 spiro atoms. The maximum atomic E-state index is 13.4. The number of nitrogens with two attached hydrogens (primary N) is 1. The minimum absolute atomic E-state index is 0.0155. The van der Waals surface area contributed by atoms with Crippen molar-refractivity contribution in [2.75, 3.05) is 25.6 Å². The van der Waals surface area contributed by atoms with Gasteiger partial charge in [0.25, 0.3) is 0 Å². The van der Waals surface area contributed by atoms with Crippen LogP contribution in [0, 0.1) is 5.92 Å². The van der Waals surface area contributed by atoms with Gasteiger partial charge in [-0.25, -0.2) is 13.9 Å². The van der Waals surface area contributed by atoms with Crippen LogP contribution in [0.25, 0.3) is 0 Å². The molecule has 2 aliphatic rings. The van der Waals surface area contributed by atoms with Crippen LogP contribution in [-0.2, 0) is 51.0 Å². The molecule has 0 radical (unpaired) electrons. The summed E-state index contributed by atoms with van der Waals surface area (Å²) in [5.41, 5.74) is 4.76. The van der Waals surface area contributed by atoms with Gasteiger partial charge in [-0.1, -0.05) is 127 Å². The number of ether oxygens (including phenoxy) is 4. The van der Waals surface area contributed by atoms with Crippen molar-refractivity contribution in [3.63, 3.8) is 0 Å². The Kier molecular flexibility index (Phi) is 32.9. The maximum Gasteiger partial charge on any atom is 0.481 e. The molecule has 12 atom stereocenters. The first-order chi connectivity index (χ1) is 36.3. The predicted molar refractivity (Wildman–Crippen MR) is 283 cm³/mol. The highest BCUT2D eigenvalue weighted by atomic mass is 31.3. The second-order valence-corrected chi connectivity index (χ2v) is 22.3. The van der Waals surface area contributed by atoms with Crippen LogP contribution in [-0.4, -0.2) is 126 Å². The van der Waals surface area contributed by atoms with Crippen molar-refractivity contribution in [3.8, 4) is 0 Å². The van der Waals surface area contributed by atoms with Crippen molar-refractivity contribution in [1.29, 1.82) is 0 Å². The lowest BCUT2D eigenvalue weighted by Gasteiger charge is -2.36. The van der Waals surface area contributed by atoms with Crippen molar-refractivity contribution < 1.29 is 86.3 Å². The summed E-state index contributed by atoms with van der Waals surface area (Å²) < 4.78 is 64.9. The van der Waals surface area contributed by atoms with Gasteiger partial charge >= 0.3 is 33.3 Å². The number of hydrogen-bond acceptors (Lipinski definition) is 19. The van der Waals surface area contributed by atoms with Crippen molar-refractivity contribution in [2.24, 2.45) is 5.92 Å². The number of rotatable bonds is 24. The lowest BCUT2D eigenvalue weighted by Crippen LogP contribution is -2.49. The number of allylic oxidation sites excluding steroid dienone is 6. The molecule has 24 heteroatoms. The van der Waals surface area contributed by atoms with Crippen molar-refractivity contribution in [3.05, 3.63) is 71.4 Å². The zero-order valence-electron chi connectivity index (χ0n) is 44.3. The average molecular weight is 1120 g/mol. The van der Waals surface area contributed by atoms with E-state index in [0.29, 0.717) is 19.3 Å². The Hall–Kier alpha value is -3.44. The minimum Gasteiger partial charge on any atom is -0.462 e. The third-order valence-electron chi connectivity index (χ3n) is 12.7. The molecule has 3 rings (SSSR count). The van der Waals surface area contributed by atoms with Crippen LogP contribution >= 0.6 is 15.6 Å². The van der Waals surface area contributed by atoms with Gasteiger partial charge < -0.3 is 60.0 Å². The first-order valence-corrected chi connectivity index (χ1v) is 30.0. The van der Waals surface area contributed by atoms with E-state index in [1.54, 1.807) is 12.2 Å². The lowest BCUT2D eigenvalue weighted by molar-refractivity contribution is -0.192. The summed E-state index contributed by atoms with van der Waals surface area (Å²) in [4.78, 5) is 64.4. The number of phosphoric ester groups is 2. The number of anilines is 1. The first kappa shape index (κ1) is 66.8. The van der Waals surface area contributed by atoms with E-state index < -0.39 is 121 Å². The molecule has 3 heterocycles.